The maximum Gasteiger partial charge on any atom is 0.306 e. The van der Waals surface area contributed by atoms with Crippen LogP contribution >= 0.6 is 0 Å². The van der Waals surface area contributed by atoms with Crippen LogP contribution in [-0.4, -0.2) is 18.4 Å². The number of hydrogen-bond acceptors (Lipinski definition) is 3. The molecule has 0 aromatic rings. The van der Waals surface area contributed by atoms with Gasteiger partial charge in [-0.1, -0.05) is 39.5 Å². The number of aldehydes is 1. The monoisotopic (exact) mass is 242 g/mol. The Morgan fingerprint density at radius 2 is 1.71 bits per heavy atom. The van der Waals surface area contributed by atoms with E-state index < -0.39 is 0 Å². The van der Waals surface area contributed by atoms with Crippen molar-refractivity contribution in [1.82, 2.24) is 0 Å². The molecule has 0 saturated heterocycles. The molecular formula is C14H26O3. The minimum absolute atomic E-state index is 0.0821. The SMILES string of the molecule is CCCCC(CCCC)OC(=O)CCCC=O. The summed E-state index contributed by atoms with van der Waals surface area (Å²) in [5, 5.41) is 0. The lowest BCUT2D eigenvalue weighted by molar-refractivity contribution is -0.150. The van der Waals surface area contributed by atoms with Crippen molar-refractivity contribution in [3.63, 3.8) is 0 Å². The van der Waals surface area contributed by atoms with Gasteiger partial charge in [0.25, 0.3) is 0 Å². The van der Waals surface area contributed by atoms with E-state index in [9.17, 15) is 9.59 Å². The summed E-state index contributed by atoms with van der Waals surface area (Å²) in [6.07, 6.45) is 8.76. The number of rotatable bonds is 11. The molecule has 0 aliphatic rings. The second-order valence-electron chi connectivity index (χ2n) is 4.46. The Bertz CT molecular complexity index is 194. The van der Waals surface area contributed by atoms with Gasteiger partial charge in [-0.2, -0.15) is 0 Å². The molecule has 0 aromatic heterocycles. The third-order valence-electron chi connectivity index (χ3n) is 2.76. The molecule has 0 aliphatic heterocycles. The lowest BCUT2D eigenvalue weighted by Crippen LogP contribution is -2.18. The van der Waals surface area contributed by atoms with E-state index in [-0.39, 0.29) is 12.1 Å². The zero-order valence-corrected chi connectivity index (χ0v) is 11.2. The third kappa shape index (κ3) is 10.0. The van der Waals surface area contributed by atoms with E-state index in [0.717, 1.165) is 44.8 Å². The Balaban J connectivity index is 3.84. The van der Waals surface area contributed by atoms with Crippen molar-refractivity contribution in [2.45, 2.75) is 77.7 Å². The van der Waals surface area contributed by atoms with Crippen molar-refractivity contribution in [2.75, 3.05) is 0 Å². The molecule has 100 valence electrons. The average molecular weight is 242 g/mol. The van der Waals surface area contributed by atoms with Gasteiger partial charge in [-0.3, -0.25) is 4.79 Å². The Labute approximate surface area is 105 Å². The van der Waals surface area contributed by atoms with Gasteiger partial charge in [0.2, 0.25) is 0 Å². The highest BCUT2D eigenvalue weighted by Crippen LogP contribution is 2.13. The van der Waals surface area contributed by atoms with Crippen LogP contribution in [0.25, 0.3) is 0 Å². The van der Waals surface area contributed by atoms with Crippen LogP contribution in [0.3, 0.4) is 0 Å². The maximum atomic E-state index is 11.5. The second kappa shape index (κ2) is 11.6. The average Bonchev–Trinajstić information content (AvgIpc) is 2.33. The Morgan fingerprint density at radius 3 is 2.18 bits per heavy atom. The van der Waals surface area contributed by atoms with Crippen molar-refractivity contribution in [2.24, 2.45) is 0 Å². The summed E-state index contributed by atoms with van der Waals surface area (Å²) < 4.78 is 5.45. The van der Waals surface area contributed by atoms with Gasteiger partial charge in [0.05, 0.1) is 0 Å². The van der Waals surface area contributed by atoms with E-state index in [1.807, 2.05) is 0 Å². The molecule has 3 heteroatoms. The van der Waals surface area contributed by atoms with Crippen LogP contribution in [0, 0.1) is 0 Å². The highest BCUT2D eigenvalue weighted by molar-refractivity contribution is 5.69. The summed E-state index contributed by atoms with van der Waals surface area (Å²) in [5.41, 5.74) is 0. The zero-order valence-electron chi connectivity index (χ0n) is 11.2. The molecule has 0 rings (SSSR count). The first-order valence-corrected chi connectivity index (χ1v) is 6.87. The molecular weight excluding hydrogens is 216 g/mol. The van der Waals surface area contributed by atoms with Crippen LogP contribution in [0.5, 0.6) is 0 Å². The fourth-order valence-corrected chi connectivity index (χ4v) is 1.70. The number of ether oxygens (including phenoxy) is 1. The van der Waals surface area contributed by atoms with Crippen molar-refractivity contribution >= 4 is 12.3 Å². The quantitative estimate of drug-likeness (QED) is 0.315. The van der Waals surface area contributed by atoms with Crippen molar-refractivity contribution in [3.8, 4) is 0 Å². The van der Waals surface area contributed by atoms with Crippen molar-refractivity contribution in [1.29, 1.82) is 0 Å². The van der Waals surface area contributed by atoms with Crippen LogP contribution < -0.4 is 0 Å². The van der Waals surface area contributed by atoms with E-state index >= 15 is 0 Å². The van der Waals surface area contributed by atoms with Crippen molar-refractivity contribution < 1.29 is 14.3 Å². The first-order chi connectivity index (χ1) is 8.24. The van der Waals surface area contributed by atoms with Gasteiger partial charge in [-0.05, 0) is 19.3 Å². The molecule has 0 unspecified atom stereocenters. The molecule has 0 N–H and O–H groups in total. The largest absolute Gasteiger partial charge is 0.462 e. The van der Waals surface area contributed by atoms with Crippen LogP contribution in [0.2, 0.25) is 0 Å². The minimum Gasteiger partial charge on any atom is -0.462 e. The number of unbranched alkanes of at least 4 members (excludes halogenated alkanes) is 3. The van der Waals surface area contributed by atoms with E-state index in [1.165, 1.54) is 0 Å². The minimum atomic E-state index is -0.149. The van der Waals surface area contributed by atoms with Crippen LogP contribution in [0.1, 0.15) is 71.6 Å². The van der Waals surface area contributed by atoms with E-state index in [0.29, 0.717) is 19.3 Å². The van der Waals surface area contributed by atoms with Crippen molar-refractivity contribution in [3.05, 3.63) is 0 Å². The van der Waals surface area contributed by atoms with Gasteiger partial charge in [0, 0.05) is 12.8 Å². The fourth-order valence-electron chi connectivity index (χ4n) is 1.70. The van der Waals surface area contributed by atoms with Crippen LogP contribution in [0.15, 0.2) is 0 Å². The highest BCUT2D eigenvalue weighted by atomic mass is 16.5. The summed E-state index contributed by atoms with van der Waals surface area (Å²) in [6.45, 7) is 4.28. The third-order valence-corrected chi connectivity index (χ3v) is 2.76. The predicted octanol–water partition coefficient (Wildman–Crippen LogP) is 3.65. The summed E-state index contributed by atoms with van der Waals surface area (Å²) in [4.78, 5) is 21.7. The Hall–Kier alpha value is -0.860. The van der Waals surface area contributed by atoms with Gasteiger partial charge in [-0.15, -0.1) is 0 Å². The number of carbonyl (C=O) groups excluding carboxylic acids is 2. The van der Waals surface area contributed by atoms with Gasteiger partial charge in [0.1, 0.15) is 12.4 Å². The van der Waals surface area contributed by atoms with Gasteiger partial charge < -0.3 is 9.53 Å². The van der Waals surface area contributed by atoms with Gasteiger partial charge in [-0.25, -0.2) is 0 Å². The summed E-state index contributed by atoms with van der Waals surface area (Å²) >= 11 is 0. The number of esters is 1. The van der Waals surface area contributed by atoms with E-state index in [2.05, 4.69) is 13.8 Å². The maximum absolute atomic E-state index is 11.5. The molecule has 0 amide bonds. The molecule has 0 aromatic carbocycles. The summed E-state index contributed by atoms with van der Waals surface area (Å²) in [6, 6.07) is 0. The first kappa shape index (κ1) is 16.1. The Morgan fingerprint density at radius 1 is 1.12 bits per heavy atom. The van der Waals surface area contributed by atoms with Gasteiger partial charge >= 0.3 is 5.97 Å². The molecule has 0 fully saturated rings. The molecule has 0 aliphatic carbocycles. The molecule has 0 spiro atoms. The highest BCUT2D eigenvalue weighted by Gasteiger charge is 2.13. The van der Waals surface area contributed by atoms with Crippen LogP contribution in [-0.2, 0) is 14.3 Å². The fraction of sp³-hybridized carbons (Fsp3) is 0.857. The number of hydrogen-bond donors (Lipinski definition) is 0. The lowest BCUT2D eigenvalue weighted by atomic mass is 10.1. The molecule has 17 heavy (non-hydrogen) atoms. The molecule has 0 heterocycles. The topological polar surface area (TPSA) is 43.4 Å². The van der Waals surface area contributed by atoms with Gasteiger partial charge in [0.15, 0.2) is 0 Å². The normalized spacial score (nSPS) is 10.5. The molecule has 0 bridgehead atoms. The molecule has 0 radical (unpaired) electrons. The van der Waals surface area contributed by atoms with E-state index in [4.69, 9.17) is 4.74 Å². The van der Waals surface area contributed by atoms with E-state index in [1.54, 1.807) is 0 Å². The number of carbonyl (C=O) groups is 2. The predicted molar refractivity (Wildman–Crippen MR) is 68.8 cm³/mol. The van der Waals surface area contributed by atoms with Crippen LogP contribution in [0.4, 0.5) is 0 Å². The summed E-state index contributed by atoms with van der Waals surface area (Å²) in [5.74, 6) is -0.149. The smallest absolute Gasteiger partial charge is 0.306 e. The standard InChI is InChI=1S/C14H26O3/c1-3-5-9-13(10-6-4-2)17-14(16)11-7-8-12-15/h12-13H,3-11H2,1-2H3. The Kier molecular flexibility index (Phi) is 11.0. The zero-order chi connectivity index (χ0) is 12.9. The summed E-state index contributed by atoms with van der Waals surface area (Å²) in [7, 11) is 0. The lowest BCUT2D eigenvalue weighted by Gasteiger charge is -2.17. The first-order valence-electron chi connectivity index (χ1n) is 6.87. The second-order valence-corrected chi connectivity index (χ2v) is 4.46. The molecule has 0 atom stereocenters. The molecule has 0 saturated carbocycles. The molecule has 3 nitrogen and oxygen atoms in total.